The van der Waals surface area contributed by atoms with Gasteiger partial charge in [0.15, 0.2) is 72.3 Å². The van der Waals surface area contributed by atoms with Crippen molar-refractivity contribution in [2.75, 3.05) is 61.5 Å². The molecule has 0 saturated carbocycles. The van der Waals surface area contributed by atoms with Gasteiger partial charge in [0.1, 0.15) is 0 Å². The zero-order valence-electron chi connectivity index (χ0n) is 71.0. The van der Waals surface area contributed by atoms with E-state index in [9.17, 15) is 0 Å². The van der Waals surface area contributed by atoms with Gasteiger partial charge in [-0.15, -0.1) is 0 Å². The number of hydrogen-bond acceptors (Lipinski definition) is 24. The van der Waals surface area contributed by atoms with E-state index in [1.807, 2.05) is 144 Å². The van der Waals surface area contributed by atoms with Crippen LogP contribution in [0.3, 0.4) is 0 Å². The second-order valence-electron chi connectivity index (χ2n) is 28.2. The van der Waals surface area contributed by atoms with Gasteiger partial charge in [-0.2, -0.15) is 0 Å². The fourth-order valence-electron chi connectivity index (χ4n) is 8.79. The molecule has 0 radical (unpaired) electrons. The van der Waals surface area contributed by atoms with E-state index in [2.05, 4.69) is 143 Å². The molecular formula is C54H154O24Si21. The normalized spacial score (nSPS) is 13.5. The van der Waals surface area contributed by atoms with Crippen LogP contribution in [0.15, 0.2) is 30.3 Å². The summed E-state index contributed by atoms with van der Waals surface area (Å²) in [5.41, 5.74) is 0. The Hall–Kier alpha value is 2.81. The van der Waals surface area contributed by atoms with Gasteiger partial charge in [0.2, 0.25) is 0 Å². The maximum absolute atomic E-state index is 6.37. The molecule has 1 aromatic carbocycles. The van der Waals surface area contributed by atoms with Crippen molar-refractivity contribution in [3.8, 4) is 0 Å². The number of hydrogen-bond donors (Lipinski definition) is 0. The quantitative estimate of drug-likeness (QED) is 0.0554. The molecule has 0 amide bonds. The van der Waals surface area contributed by atoms with Crippen LogP contribution < -0.4 is 5.19 Å². The van der Waals surface area contributed by atoms with Crippen LogP contribution in [0.25, 0.3) is 0 Å². The highest BCUT2D eigenvalue weighted by atomic mass is 28.5. The summed E-state index contributed by atoms with van der Waals surface area (Å²) in [6.45, 7) is 83.8. The minimum atomic E-state index is -2.93. The Balaban J connectivity index is -0.000000360. The Labute approximate surface area is 636 Å². The monoisotopic (exact) mass is 1770 g/mol. The van der Waals surface area contributed by atoms with Crippen molar-refractivity contribution in [2.24, 2.45) is 0 Å². The first-order valence-corrected chi connectivity index (χ1v) is 89.5. The number of benzene rings is 1. The molecular weight excluding hydrogens is 1620 g/mol. The topological polar surface area (TPSA) is 222 Å². The SMILES string of the molecule is CCO[Si](C)(C)O[SiH](C)O[Si](C)(C)OCC.CCO[Si](C)(O[SiH](C)C)O[SiH](C)C.CCO[Si](O[SiH](C)C)(O[SiH](C)C)O[SiH](C)C.CCO[Si](O[SiH](C)C)(O[SiH](C)C)c1ccccc1.CO[Si](C)(C)O[SiH](C)O[Si](C)(C)OC.CO[Si](C)(C)O[Si](C)(O[Si](C)(C)OC)O[Si](C)(C)O[SiH](C)C. The summed E-state index contributed by atoms with van der Waals surface area (Å²) in [4.78, 5) is 0. The van der Waals surface area contributed by atoms with Crippen LogP contribution in [0.2, 0.25) is 223 Å². The van der Waals surface area contributed by atoms with Crippen LogP contribution in [0.4, 0.5) is 0 Å². The Morgan fingerprint density at radius 3 is 0.768 bits per heavy atom. The van der Waals surface area contributed by atoms with Crippen LogP contribution in [0.5, 0.6) is 0 Å². The van der Waals surface area contributed by atoms with E-state index in [1.54, 1.807) is 28.4 Å². The van der Waals surface area contributed by atoms with Gasteiger partial charge < -0.3 is 102 Å². The Kier molecular flexibility index (Phi) is 60.7. The average Bonchev–Trinajstić information content (AvgIpc) is 0.813. The van der Waals surface area contributed by atoms with E-state index in [0.29, 0.717) is 33.0 Å². The Morgan fingerprint density at radius 1 is 0.253 bits per heavy atom. The third-order valence-corrected chi connectivity index (χ3v) is 72.1. The van der Waals surface area contributed by atoms with E-state index in [0.717, 1.165) is 5.19 Å². The average molecular weight is 1780 g/mol. The van der Waals surface area contributed by atoms with Crippen molar-refractivity contribution in [2.45, 2.75) is 257 Å². The van der Waals surface area contributed by atoms with Crippen molar-refractivity contribution in [3.63, 3.8) is 0 Å². The van der Waals surface area contributed by atoms with Crippen molar-refractivity contribution >= 4 is 191 Å². The zero-order chi connectivity index (χ0) is 78.9. The van der Waals surface area contributed by atoms with Gasteiger partial charge in [-0.25, -0.2) is 0 Å². The van der Waals surface area contributed by atoms with Crippen molar-refractivity contribution in [1.82, 2.24) is 0 Å². The highest BCUT2D eigenvalue weighted by Crippen LogP contribution is 2.27. The smallest absolute Gasteiger partial charge is 0.439 e. The molecule has 24 nitrogen and oxygen atoms in total. The van der Waals surface area contributed by atoms with Gasteiger partial charge in [-0.1, -0.05) is 30.3 Å². The van der Waals surface area contributed by atoms with Crippen molar-refractivity contribution in [3.05, 3.63) is 30.3 Å². The maximum atomic E-state index is 6.37. The largest absolute Gasteiger partial charge is 0.647 e. The highest BCUT2D eigenvalue weighted by molar-refractivity contribution is 6.88. The van der Waals surface area contributed by atoms with Gasteiger partial charge in [-0.3, -0.25) is 0 Å². The molecule has 0 heterocycles. The fourth-order valence-corrected chi connectivity index (χ4v) is 71.1. The van der Waals surface area contributed by atoms with Crippen LogP contribution >= 0.6 is 0 Å². The van der Waals surface area contributed by atoms with Crippen LogP contribution in [-0.2, 0) is 102 Å². The molecule has 0 aliphatic heterocycles. The third kappa shape index (κ3) is 61.2. The fraction of sp³-hybridized carbons (Fsp3) is 0.889. The molecule has 0 aliphatic carbocycles. The summed E-state index contributed by atoms with van der Waals surface area (Å²) in [5.74, 6) is 0. The maximum Gasteiger partial charge on any atom is 0.647 e. The predicted molar refractivity (Wildman–Crippen MR) is 463 cm³/mol. The molecule has 0 saturated heterocycles. The van der Waals surface area contributed by atoms with Crippen molar-refractivity contribution < 1.29 is 102 Å². The molecule has 0 aliphatic rings. The second kappa shape index (κ2) is 54.5. The van der Waals surface area contributed by atoms with E-state index < -0.39 is 186 Å². The van der Waals surface area contributed by atoms with Crippen LogP contribution in [0, 0.1) is 0 Å². The minimum absolute atomic E-state index is 0.593. The minimum Gasteiger partial charge on any atom is -0.439 e. The molecule has 0 unspecified atom stereocenters. The zero-order valence-corrected chi connectivity index (χ0v) is 93.5. The first-order chi connectivity index (χ1) is 44.8. The Bertz CT molecular complexity index is 2020. The molecule has 0 N–H and O–H groups in total. The van der Waals surface area contributed by atoms with Gasteiger partial charge in [0, 0.05) is 79.8 Å². The molecule has 0 aromatic heterocycles. The summed E-state index contributed by atoms with van der Waals surface area (Å²) in [6.07, 6.45) is 0. The van der Waals surface area contributed by atoms with Gasteiger partial charge in [0.05, 0.1) is 0 Å². The van der Waals surface area contributed by atoms with Crippen molar-refractivity contribution in [1.29, 1.82) is 0 Å². The van der Waals surface area contributed by atoms with Gasteiger partial charge >= 0.3 is 114 Å². The summed E-state index contributed by atoms with van der Waals surface area (Å²) in [6, 6.07) is 10.2. The summed E-state index contributed by atoms with van der Waals surface area (Å²) in [7, 11) is -31.4. The van der Waals surface area contributed by atoms with E-state index in [-0.39, 0.29) is 0 Å². The summed E-state index contributed by atoms with van der Waals surface area (Å²) < 4.78 is 141. The predicted octanol–water partition coefficient (Wildman–Crippen LogP) is 11.8. The Morgan fingerprint density at radius 2 is 0.515 bits per heavy atom. The summed E-state index contributed by atoms with van der Waals surface area (Å²) >= 11 is 0. The molecule has 0 atom stereocenters. The third-order valence-electron chi connectivity index (χ3n) is 11.6. The summed E-state index contributed by atoms with van der Waals surface area (Å²) in [5, 5.41) is 1.09. The lowest BCUT2D eigenvalue weighted by atomic mass is 10.4. The first kappa shape index (κ1) is 110. The molecule has 1 aromatic rings. The van der Waals surface area contributed by atoms with Gasteiger partial charge in [-0.05, 0) is 244 Å². The standard InChI is InChI=1S/C12H24O3Si3.C11H34O6Si5.C9H26O4Si3.C8H26O4Si4.C7H22O4Si3.C7H22O3Si3/c1-6-13-18(14-16(2)3,15-17(4)5)12-10-8-7-9-11-12;1-12-19(5,6)15-22(11,16-20(7,8)13-2)17-21(9,10)14-18(3)4;1-8-10-15(4,5)12-14(3)13-16(6,7)11-9-2;1-8-9-16(10-13(2)3,11-14(4)5)12-15(6)7;1-8-13(4,5)10-12(3)11-14(6,7)9-2;1-7-8-13(6,9-11(2)3)10-12(4)5/h7-11,16-17H,6H2,1-5H3;18H,1-11H3;14H,8-9H2,1-7H3;13-15H,8H2,1-7H3;12H,1-7H3;11-12H,7H2,1-6H3. The first-order valence-electron chi connectivity index (χ1n) is 35.5. The lowest BCUT2D eigenvalue weighted by Crippen LogP contribution is -2.62. The molecule has 598 valence electrons. The lowest BCUT2D eigenvalue weighted by Gasteiger charge is -2.41. The molecule has 0 bridgehead atoms. The highest BCUT2D eigenvalue weighted by Gasteiger charge is 2.52. The van der Waals surface area contributed by atoms with E-state index in [4.69, 9.17) is 102 Å². The second-order valence-corrected chi connectivity index (χ2v) is 89.8. The van der Waals surface area contributed by atoms with E-state index >= 15 is 0 Å². The molecule has 0 fully saturated rings. The molecule has 45 heteroatoms. The van der Waals surface area contributed by atoms with Crippen LogP contribution in [0.1, 0.15) is 34.6 Å². The molecule has 0 spiro atoms. The lowest BCUT2D eigenvalue weighted by molar-refractivity contribution is 0.0972. The van der Waals surface area contributed by atoms with Crippen LogP contribution in [-0.4, -0.2) is 248 Å². The molecule has 1 rings (SSSR count). The van der Waals surface area contributed by atoms with Gasteiger partial charge in [0.25, 0.3) is 0 Å². The van der Waals surface area contributed by atoms with E-state index in [1.165, 1.54) is 0 Å². The molecule has 99 heavy (non-hydrogen) atoms. The number of rotatable bonds is 45.